The minimum absolute atomic E-state index is 0.0518. The molecule has 178 valence electrons. The lowest BCUT2D eigenvalue weighted by molar-refractivity contribution is 0.0691. The van der Waals surface area contributed by atoms with Gasteiger partial charge in [-0.1, -0.05) is 121 Å². The average molecular weight is 442 g/mol. The molecular formula is C28H43NO3. The molecular weight excluding hydrogens is 398 g/mol. The molecule has 0 bridgehead atoms. The zero-order valence-electron chi connectivity index (χ0n) is 20.1. The Hall–Kier alpha value is -2.10. The first-order valence-electron chi connectivity index (χ1n) is 13.0. The Morgan fingerprint density at radius 2 is 1.28 bits per heavy atom. The van der Waals surface area contributed by atoms with Crippen LogP contribution < -0.4 is 4.74 Å². The molecule has 0 amide bonds. The lowest BCUT2D eigenvalue weighted by Crippen LogP contribution is -2.02. The van der Waals surface area contributed by atoms with E-state index < -0.39 is 5.97 Å². The molecule has 0 fully saturated rings. The Balaban J connectivity index is 1.45. The summed E-state index contributed by atoms with van der Waals surface area (Å²) in [6.45, 7) is 2.93. The normalized spacial score (nSPS) is 11.2. The van der Waals surface area contributed by atoms with Crippen molar-refractivity contribution in [2.24, 2.45) is 0 Å². The van der Waals surface area contributed by atoms with Crippen LogP contribution >= 0.6 is 0 Å². The molecule has 0 saturated carbocycles. The highest BCUT2D eigenvalue weighted by Gasteiger charge is 2.09. The van der Waals surface area contributed by atoms with E-state index in [4.69, 9.17) is 9.84 Å². The predicted octanol–water partition coefficient (Wildman–Crippen LogP) is 8.57. The van der Waals surface area contributed by atoms with Crippen LogP contribution in [0, 0.1) is 0 Å². The third-order valence-corrected chi connectivity index (χ3v) is 6.16. The number of hydrogen-bond donors (Lipinski definition) is 1. The molecule has 0 aliphatic heterocycles. The number of ether oxygens (including phenoxy) is 1. The first-order valence-corrected chi connectivity index (χ1v) is 13.0. The van der Waals surface area contributed by atoms with Crippen molar-refractivity contribution in [1.29, 1.82) is 0 Å². The molecule has 1 aromatic carbocycles. The van der Waals surface area contributed by atoms with Gasteiger partial charge in [0.15, 0.2) is 0 Å². The van der Waals surface area contributed by atoms with Crippen LogP contribution in [-0.2, 0) is 0 Å². The Kier molecular flexibility index (Phi) is 13.5. The van der Waals surface area contributed by atoms with E-state index in [0.29, 0.717) is 17.9 Å². The maximum atomic E-state index is 11.2. The number of carboxylic acid groups (broad SMARTS) is 1. The lowest BCUT2D eigenvalue weighted by Gasteiger charge is -2.09. The van der Waals surface area contributed by atoms with Gasteiger partial charge in [0.25, 0.3) is 0 Å². The molecule has 2 rings (SSSR count). The van der Waals surface area contributed by atoms with E-state index in [1.165, 1.54) is 102 Å². The SMILES string of the molecule is CCCCCCCCCCCCCCCCCCOc1cccc2ccc(C(=O)O)nc12. The van der Waals surface area contributed by atoms with Crippen LogP contribution in [0.1, 0.15) is 120 Å². The summed E-state index contributed by atoms with van der Waals surface area (Å²) in [5, 5.41) is 10.1. The quantitative estimate of drug-likeness (QED) is 0.222. The van der Waals surface area contributed by atoms with Crippen LogP contribution in [0.25, 0.3) is 10.9 Å². The van der Waals surface area contributed by atoms with Gasteiger partial charge in [-0.25, -0.2) is 9.78 Å². The molecule has 1 heterocycles. The highest BCUT2D eigenvalue weighted by Crippen LogP contribution is 2.24. The summed E-state index contributed by atoms with van der Waals surface area (Å²) in [6, 6.07) is 9.04. The number of para-hydroxylation sites is 1. The van der Waals surface area contributed by atoms with Crippen molar-refractivity contribution in [1.82, 2.24) is 4.98 Å². The monoisotopic (exact) mass is 441 g/mol. The molecule has 0 radical (unpaired) electrons. The second-order valence-electron chi connectivity index (χ2n) is 8.98. The van der Waals surface area contributed by atoms with E-state index >= 15 is 0 Å². The Morgan fingerprint density at radius 1 is 0.750 bits per heavy atom. The number of nitrogens with zero attached hydrogens (tertiary/aromatic N) is 1. The van der Waals surface area contributed by atoms with E-state index in [-0.39, 0.29) is 5.69 Å². The number of fused-ring (bicyclic) bond motifs is 1. The number of aromatic carboxylic acids is 1. The number of carbonyl (C=O) groups is 1. The van der Waals surface area contributed by atoms with Gasteiger partial charge in [-0.2, -0.15) is 0 Å². The van der Waals surface area contributed by atoms with Gasteiger partial charge >= 0.3 is 5.97 Å². The number of hydrogen-bond acceptors (Lipinski definition) is 3. The van der Waals surface area contributed by atoms with Crippen LogP contribution in [0.3, 0.4) is 0 Å². The van der Waals surface area contributed by atoms with Crippen molar-refractivity contribution in [3.8, 4) is 5.75 Å². The van der Waals surface area contributed by atoms with Gasteiger partial charge in [0.05, 0.1) is 6.61 Å². The molecule has 0 atom stereocenters. The van der Waals surface area contributed by atoms with E-state index in [1.54, 1.807) is 6.07 Å². The van der Waals surface area contributed by atoms with Crippen molar-refractivity contribution in [3.05, 3.63) is 36.0 Å². The first kappa shape index (κ1) is 26.2. The summed E-state index contributed by atoms with van der Waals surface area (Å²) in [5.74, 6) is -0.342. The molecule has 0 aliphatic carbocycles. The second kappa shape index (κ2) is 16.5. The number of unbranched alkanes of at least 4 members (excludes halogenated alkanes) is 15. The molecule has 0 aliphatic rings. The first-order chi connectivity index (χ1) is 15.7. The molecule has 4 nitrogen and oxygen atoms in total. The Morgan fingerprint density at radius 3 is 1.81 bits per heavy atom. The Bertz CT molecular complexity index is 774. The second-order valence-corrected chi connectivity index (χ2v) is 8.98. The third kappa shape index (κ3) is 10.5. The fraction of sp³-hybridized carbons (Fsp3) is 0.643. The van der Waals surface area contributed by atoms with E-state index in [9.17, 15) is 4.79 Å². The number of benzene rings is 1. The number of pyridine rings is 1. The van der Waals surface area contributed by atoms with Gasteiger partial charge in [0.1, 0.15) is 17.0 Å². The number of aromatic nitrogens is 1. The maximum Gasteiger partial charge on any atom is 0.354 e. The largest absolute Gasteiger partial charge is 0.491 e. The molecule has 0 unspecified atom stereocenters. The number of carboxylic acids is 1. The highest BCUT2D eigenvalue weighted by molar-refractivity contribution is 5.91. The predicted molar refractivity (Wildman–Crippen MR) is 134 cm³/mol. The van der Waals surface area contributed by atoms with E-state index in [0.717, 1.165) is 11.8 Å². The fourth-order valence-corrected chi connectivity index (χ4v) is 4.19. The van der Waals surface area contributed by atoms with Crippen LogP contribution in [0.4, 0.5) is 0 Å². The van der Waals surface area contributed by atoms with Gasteiger partial charge < -0.3 is 9.84 Å². The molecule has 0 saturated heterocycles. The summed E-state index contributed by atoms with van der Waals surface area (Å²) in [7, 11) is 0. The standard InChI is InChI=1S/C28H43NO3/c1-2-3-4-5-6-7-8-9-10-11-12-13-14-15-16-17-23-32-26-20-18-19-24-21-22-25(28(30)31)29-27(24)26/h18-22H,2-17,23H2,1H3,(H,30,31). The van der Waals surface area contributed by atoms with Gasteiger partial charge in [-0.05, 0) is 18.6 Å². The zero-order valence-corrected chi connectivity index (χ0v) is 20.1. The minimum Gasteiger partial charge on any atom is -0.491 e. The average Bonchev–Trinajstić information content (AvgIpc) is 2.80. The van der Waals surface area contributed by atoms with Crippen molar-refractivity contribution < 1.29 is 14.6 Å². The van der Waals surface area contributed by atoms with Crippen molar-refractivity contribution in [2.45, 2.75) is 110 Å². The Labute approximate surface area is 194 Å². The molecule has 1 N–H and O–H groups in total. The summed E-state index contributed by atoms with van der Waals surface area (Å²) < 4.78 is 5.92. The topological polar surface area (TPSA) is 59.4 Å². The highest BCUT2D eigenvalue weighted by atomic mass is 16.5. The zero-order chi connectivity index (χ0) is 22.9. The smallest absolute Gasteiger partial charge is 0.354 e. The number of rotatable bonds is 19. The summed E-state index contributed by atoms with van der Waals surface area (Å²) in [5.41, 5.74) is 0.680. The van der Waals surface area contributed by atoms with Crippen molar-refractivity contribution in [2.75, 3.05) is 6.61 Å². The van der Waals surface area contributed by atoms with Crippen LogP contribution in [-0.4, -0.2) is 22.7 Å². The molecule has 32 heavy (non-hydrogen) atoms. The van der Waals surface area contributed by atoms with E-state index in [2.05, 4.69) is 11.9 Å². The minimum atomic E-state index is -1.01. The molecule has 1 aromatic heterocycles. The van der Waals surface area contributed by atoms with Crippen LogP contribution in [0.15, 0.2) is 30.3 Å². The van der Waals surface area contributed by atoms with Gasteiger partial charge in [0, 0.05) is 5.39 Å². The van der Waals surface area contributed by atoms with Gasteiger partial charge in [0.2, 0.25) is 0 Å². The maximum absolute atomic E-state index is 11.2. The van der Waals surface area contributed by atoms with E-state index in [1.807, 2.05) is 18.2 Å². The van der Waals surface area contributed by atoms with Gasteiger partial charge in [-0.3, -0.25) is 0 Å². The molecule has 4 heteroatoms. The summed E-state index contributed by atoms with van der Waals surface area (Å²) in [4.78, 5) is 15.4. The van der Waals surface area contributed by atoms with Gasteiger partial charge in [-0.15, -0.1) is 0 Å². The summed E-state index contributed by atoms with van der Waals surface area (Å²) in [6.07, 6.45) is 21.6. The van der Waals surface area contributed by atoms with Crippen LogP contribution in [0.2, 0.25) is 0 Å². The summed E-state index contributed by atoms with van der Waals surface area (Å²) >= 11 is 0. The fourth-order valence-electron chi connectivity index (χ4n) is 4.19. The molecule has 0 spiro atoms. The van der Waals surface area contributed by atoms with Crippen LogP contribution in [0.5, 0.6) is 5.75 Å². The van der Waals surface area contributed by atoms with Crippen molar-refractivity contribution >= 4 is 16.9 Å². The molecule has 2 aromatic rings. The third-order valence-electron chi connectivity index (χ3n) is 6.16. The lowest BCUT2D eigenvalue weighted by atomic mass is 10.0. The van der Waals surface area contributed by atoms with Crippen molar-refractivity contribution in [3.63, 3.8) is 0 Å².